The van der Waals surface area contributed by atoms with Crippen LogP contribution in [0.3, 0.4) is 0 Å². The first-order valence-electron chi connectivity index (χ1n) is 10.9. The van der Waals surface area contributed by atoms with Gasteiger partial charge in [-0.15, -0.1) is 11.3 Å². The largest absolute Gasteiger partial charge is 0.493 e. The number of nitrogens with zero attached hydrogens (tertiary/aromatic N) is 3. The van der Waals surface area contributed by atoms with Crippen LogP contribution in [0.15, 0.2) is 41.8 Å². The second kappa shape index (κ2) is 8.83. The molecule has 5 rings (SSSR count). The van der Waals surface area contributed by atoms with E-state index in [2.05, 4.69) is 25.6 Å². The third-order valence-electron chi connectivity index (χ3n) is 5.78. The van der Waals surface area contributed by atoms with Crippen LogP contribution < -0.4 is 15.4 Å². The summed E-state index contributed by atoms with van der Waals surface area (Å²) in [7, 11) is 0. The predicted octanol–water partition coefficient (Wildman–Crippen LogP) is 4.58. The van der Waals surface area contributed by atoms with Crippen molar-refractivity contribution in [3.05, 3.63) is 64.3 Å². The zero-order valence-electron chi connectivity index (χ0n) is 19.0. The van der Waals surface area contributed by atoms with E-state index < -0.39 is 0 Å². The Bertz CT molecular complexity index is 1430. The highest BCUT2D eigenvalue weighted by molar-refractivity contribution is 7.14. The number of aromatic nitrogens is 3. The van der Waals surface area contributed by atoms with E-state index in [1.165, 1.54) is 18.3 Å². The van der Waals surface area contributed by atoms with E-state index in [1.54, 1.807) is 18.2 Å². The maximum absolute atomic E-state index is 12.8. The summed E-state index contributed by atoms with van der Waals surface area (Å²) in [6.07, 6.45) is 0.712. The van der Waals surface area contributed by atoms with E-state index in [9.17, 15) is 9.59 Å². The monoisotopic (exact) mass is 473 g/mol. The normalized spacial score (nSPS) is 14.9. The number of aryl methyl sites for hydroxylation is 2. The average molecular weight is 474 g/mol. The van der Waals surface area contributed by atoms with Crippen LogP contribution in [0.1, 0.15) is 46.7 Å². The van der Waals surface area contributed by atoms with E-state index in [-0.39, 0.29) is 17.9 Å². The topological polar surface area (TPSA) is 106 Å². The number of nitrogens with one attached hydrogen (secondary N) is 2. The first-order valence-corrected chi connectivity index (χ1v) is 11.8. The highest BCUT2D eigenvalue weighted by Gasteiger charge is 2.23. The second-order valence-electron chi connectivity index (χ2n) is 8.23. The number of benzene rings is 2. The maximum atomic E-state index is 12.8. The third-order valence-corrected chi connectivity index (χ3v) is 6.54. The molecule has 0 saturated carbocycles. The van der Waals surface area contributed by atoms with E-state index in [1.807, 2.05) is 37.4 Å². The Hall–Kier alpha value is -3.85. The van der Waals surface area contributed by atoms with E-state index in [0.29, 0.717) is 29.2 Å². The van der Waals surface area contributed by atoms with Crippen molar-refractivity contribution in [2.75, 3.05) is 11.9 Å². The van der Waals surface area contributed by atoms with Gasteiger partial charge in [-0.3, -0.25) is 14.9 Å². The summed E-state index contributed by atoms with van der Waals surface area (Å²) in [5, 5.41) is 8.25. The lowest BCUT2D eigenvalue weighted by Crippen LogP contribution is -2.30. The van der Waals surface area contributed by atoms with E-state index in [0.717, 1.165) is 39.5 Å². The number of anilines is 1. The molecule has 2 N–H and O–H groups in total. The van der Waals surface area contributed by atoms with Crippen molar-refractivity contribution in [3.63, 3.8) is 0 Å². The highest BCUT2D eigenvalue weighted by atomic mass is 32.1. The molecule has 4 aromatic rings. The van der Waals surface area contributed by atoms with Gasteiger partial charge in [0.1, 0.15) is 5.75 Å². The first kappa shape index (κ1) is 22.0. The van der Waals surface area contributed by atoms with Crippen LogP contribution >= 0.6 is 11.3 Å². The van der Waals surface area contributed by atoms with Crippen LogP contribution in [-0.4, -0.2) is 33.4 Å². The Labute approximate surface area is 200 Å². The van der Waals surface area contributed by atoms with Gasteiger partial charge in [-0.05, 0) is 50.2 Å². The Balaban J connectivity index is 1.36. The molecular formula is C25H23N5O3S. The lowest BCUT2D eigenvalue weighted by Gasteiger charge is -2.26. The van der Waals surface area contributed by atoms with Gasteiger partial charge in [0.05, 0.1) is 40.8 Å². The molecule has 2 aromatic heterocycles. The van der Waals surface area contributed by atoms with Gasteiger partial charge in [0.15, 0.2) is 5.13 Å². The van der Waals surface area contributed by atoms with Gasteiger partial charge in [-0.1, -0.05) is 0 Å². The summed E-state index contributed by atoms with van der Waals surface area (Å²) in [4.78, 5) is 38.1. The summed E-state index contributed by atoms with van der Waals surface area (Å²) < 4.78 is 5.74. The Morgan fingerprint density at radius 3 is 2.62 bits per heavy atom. The number of amides is 2. The molecule has 1 unspecified atom stereocenters. The van der Waals surface area contributed by atoms with E-state index >= 15 is 0 Å². The molecule has 1 aliphatic heterocycles. The predicted molar refractivity (Wildman–Crippen MR) is 131 cm³/mol. The fourth-order valence-electron chi connectivity index (χ4n) is 3.95. The second-order valence-corrected chi connectivity index (χ2v) is 9.09. The van der Waals surface area contributed by atoms with Crippen LogP contribution in [0.5, 0.6) is 5.75 Å². The third kappa shape index (κ3) is 4.34. The molecule has 1 aliphatic rings. The SMILES string of the molecule is CC(=O)NC1CCOc2ccc(-c3csc(NC(=O)c4ccc5nc(C)c(C)nc5c4)n3)cc21. The summed E-state index contributed by atoms with van der Waals surface area (Å²) >= 11 is 1.35. The van der Waals surface area contributed by atoms with Crippen molar-refractivity contribution in [1.29, 1.82) is 0 Å². The highest BCUT2D eigenvalue weighted by Crippen LogP contribution is 2.36. The van der Waals surface area contributed by atoms with Crippen molar-refractivity contribution in [2.45, 2.75) is 33.2 Å². The first-order chi connectivity index (χ1) is 16.4. The standard InChI is InChI=1S/C25H23N5O3S/c1-13-14(2)27-21-11-17(4-6-20(21)26-13)24(32)30-25-29-22(12-34-25)16-5-7-23-18(10-16)19(8-9-33-23)28-15(3)31/h4-7,10-12,19H,8-9H2,1-3H3,(H,28,31)(H,29,30,32). The molecule has 172 valence electrons. The van der Waals surface area contributed by atoms with Gasteiger partial charge in [0.25, 0.3) is 5.91 Å². The van der Waals surface area contributed by atoms with Crippen molar-refractivity contribution in [1.82, 2.24) is 20.3 Å². The quantitative estimate of drug-likeness (QED) is 0.449. The Kier molecular flexibility index (Phi) is 5.70. The lowest BCUT2D eigenvalue weighted by atomic mass is 9.97. The van der Waals surface area contributed by atoms with Crippen LogP contribution in [-0.2, 0) is 4.79 Å². The molecule has 1 atom stereocenters. The van der Waals surface area contributed by atoms with Gasteiger partial charge in [0, 0.05) is 35.4 Å². The lowest BCUT2D eigenvalue weighted by molar-refractivity contribution is -0.119. The van der Waals surface area contributed by atoms with Crippen LogP contribution in [0.25, 0.3) is 22.3 Å². The molecule has 2 aromatic carbocycles. The molecule has 0 bridgehead atoms. The Morgan fingerprint density at radius 1 is 1.03 bits per heavy atom. The molecule has 0 saturated heterocycles. The van der Waals surface area contributed by atoms with Crippen LogP contribution in [0.2, 0.25) is 0 Å². The minimum atomic E-state index is -0.257. The van der Waals surface area contributed by atoms with Crippen molar-refractivity contribution in [2.24, 2.45) is 0 Å². The number of ether oxygens (including phenoxy) is 1. The molecular weight excluding hydrogens is 450 g/mol. The van der Waals surface area contributed by atoms with Gasteiger partial charge in [-0.2, -0.15) is 0 Å². The fourth-order valence-corrected chi connectivity index (χ4v) is 4.67. The molecule has 2 amide bonds. The summed E-state index contributed by atoms with van der Waals surface area (Å²) in [5.74, 6) is 0.432. The minimum Gasteiger partial charge on any atom is -0.493 e. The maximum Gasteiger partial charge on any atom is 0.257 e. The zero-order chi connectivity index (χ0) is 23.8. The zero-order valence-corrected chi connectivity index (χ0v) is 19.8. The summed E-state index contributed by atoms with van der Waals surface area (Å²) in [6, 6.07) is 11.0. The molecule has 0 radical (unpaired) electrons. The fraction of sp³-hybridized carbons (Fsp3) is 0.240. The smallest absolute Gasteiger partial charge is 0.257 e. The molecule has 34 heavy (non-hydrogen) atoms. The van der Waals surface area contributed by atoms with Crippen molar-refractivity contribution in [3.8, 4) is 17.0 Å². The Morgan fingerprint density at radius 2 is 1.82 bits per heavy atom. The van der Waals surface area contributed by atoms with Crippen LogP contribution in [0, 0.1) is 13.8 Å². The molecule has 3 heterocycles. The summed E-state index contributed by atoms with van der Waals surface area (Å²) in [5.41, 5.74) is 6.20. The van der Waals surface area contributed by atoms with Crippen LogP contribution in [0.4, 0.5) is 5.13 Å². The molecule has 8 nitrogen and oxygen atoms in total. The van der Waals surface area contributed by atoms with Crippen molar-refractivity contribution < 1.29 is 14.3 Å². The molecule has 0 aliphatic carbocycles. The number of carbonyl (C=O) groups is 2. The molecule has 0 spiro atoms. The average Bonchev–Trinajstić information content (AvgIpc) is 3.27. The molecule has 0 fully saturated rings. The number of thiazole rings is 1. The van der Waals surface area contributed by atoms with E-state index in [4.69, 9.17) is 4.74 Å². The number of hydrogen-bond acceptors (Lipinski definition) is 7. The number of rotatable bonds is 4. The summed E-state index contributed by atoms with van der Waals surface area (Å²) in [6.45, 7) is 5.89. The molecule has 9 heteroatoms. The van der Waals surface area contributed by atoms with Crippen molar-refractivity contribution >= 4 is 39.3 Å². The van der Waals surface area contributed by atoms with Gasteiger partial charge < -0.3 is 10.1 Å². The van der Waals surface area contributed by atoms with Gasteiger partial charge >= 0.3 is 0 Å². The van der Waals surface area contributed by atoms with Gasteiger partial charge in [0.2, 0.25) is 5.91 Å². The number of hydrogen-bond donors (Lipinski definition) is 2. The number of carbonyl (C=O) groups excluding carboxylic acids is 2. The number of fused-ring (bicyclic) bond motifs is 2. The minimum absolute atomic E-state index is 0.0770. The van der Waals surface area contributed by atoms with Gasteiger partial charge in [-0.25, -0.2) is 15.0 Å².